The molecule has 1 fully saturated rings. The van der Waals surface area contributed by atoms with Gasteiger partial charge in [0.25, 0.3) is 5.91 Å². The minimum Gasteiger partial charge on any atom is -0.479 e. The van der Waals surface area contributed by atoms with E-state index in [0.717, 1.165) is 5.56 Å². The SMILES string of the molecule is Cc1nc(-c2cccc(NC(=O)[C@@H]3CC[C@H](C(=O)O)O3)c2)n[nH]1. The average molecular weight is 316 g/mol. The van der Waals surface area contributed by atoms with Crippen LogP contribution in [-0.2, 0) is 14.3 Å². The first kappa shape index (κ1) is 15.2. The number of aryl methyl sites for hydroxylation is 1. The van der Waals surface area contributed by atoms with Crippen molar-refractivity contribution in [1.82, 2.24) is 15.2 Å². The number of benzene rings is 1. The van der Waals surface area contributed by atoms with Crippen LogP contribution in [0.1, 0.15) is 18.7 Å². The number of ether oxygens (including phenoxy) is 1. The quantitative estimate of drug-likeness (QED) is 0.784. The predicted molar refractivity (Wildman–Crippen MR) is 80.7 cm³/mol. The van der Waals surface area contributed by atoms with Crippen LogP contribution in [0.4, 0.5) is 5.69 Å². The summed E-state index contributed by atoms with van der Waals surface area (Å²) < 4.78 is 5.23. The van der Waals surface area contributed by atoms with E-state index in [4.69, 9.17) is 9.84 Å². The molecule has 120 valence electrons. The van der Waals surface area contributed by atoms with Crippen LogP contribution in [0.3, 0.4) is 0 Å². The number of carbonyl (C=O) groups is 2. The fourth-order valence-electron chi connectivity index (χ4n) is 2.44. The smallest absolute Gasteiger partial charge is 0.332 e. The summed E-state index contributed by atoms with van der Waals surface area (Å²) in [4.78, 5) is 27.3. The standard InChI is InChI=1S/C15H16N4O4/c1-8-16-13(19-18-8)9-3-2-4-10(7-9)17-14(20)11-5-6-12(23-11)15(21)22/h2-4,7,11-12H,5-6H2,1H3,(H,17,20)(H,21,22)(H,16,18,19)/t11-,12+/m0/s1. The molecule has 8 nitrogen and oxygen atoms in total. The molecule has 1 saturated heterocycles. The summed E-state index contributed by atoms with van der Waals surface area (Å²) >= 11 is 0. The topological polar surface area (TPSA) is 117 Å². The van der Waals surface area contributed by atoms with Gasteiger partial charge in [0, 0.05) is 11.3 Å². The lowest BCUT2D eigenvalue weighted by Crippen LogP contribution is -2.29. The molecule has 1 aromatic carbocycles. The minimum absolute atomic E-state index is 0.337. The molecule has 1 aliphatic rings. The number of aliphatic carboxylic acids is 1. The first-order valence-electron chi connectivity index (χ1n) is 7.21. The molecule has 0 unspecified atom stereocenters. The number of hydrogen-bond acceptors (Lipinski definition) is 5. The molecule has 8 heteroatoms. The summed E-state index contributed by atoms with van der Waals surface area (Å²) in [7, 11) is 0. The van der Waals surface area contributed by atoms with Crippen molar-refractivity contribution in [3.8, 4) is 11.4 Å². The fraction of sp³-hybridized carbons (Fsp3) is 0.333. The van der Waals surface area contributed by atoms with Gasteiger partial charge in [0.2, 0.25) is 0 Å². The summed E-state index contributed by atoms with van der Waals surface area (Å²) in [6, 6.07) is 7.12. The number of amides is 1. The lowest BCUT2D eigenvalue weighted by Gasteiger charge is -2.12. The number of aromatic amines is 1. The van der Waals surface area contributed by atoms with Crippen molar-refractivity contribution >= 4 is 17.6 Å². The third kappa shape index (κ3) is 3.37. The van der Waals surface area contributed by atoms with Crippen LogP contribution in [0.25, 0.3) is 11.4 Å². The molecule has 1 aliphatic heterocycles. The van der Waals surface area contributed by atoms with Crippen LogP contribution < -0.4 is 5.32 Å². The number of anilines is 1. The molecule has 0 bridgehead atoms. The Balaban J connectivity index is 1.69. The molecule has 0 radical (unpaired) electrons. The zero-order valence-corrected chi connectivity index (χ0v) is 12.4. The number of carbonyl (C=O) groups excluding carboxylic acids is 1. The van der Waals surface area contributed by atoms with Crippen LogP contribution in [0.15, 0.2) is 24.3 Å². The first-order chi connectivity index (χ1) is 11.0. The summed E-state index contributed by atoms with van der Waals surface area (Å²) in [5.41, 5.74) is 1.35. The molecule has 3 rings (SSSR count). The summed E-state index contributed by atoms with van der Waals surface area (Å²) in [5, 5.41) is 18.5. The maximum Gasteiger partial charge on any atom is 0.332 e. The molecule has 2 heterocycles. The van der Waals surface area contributed by atoms with E-state index in [-0.39, 0.29) is 5.91 Å². The van der Waals surface area contributed by atoms with E-state index in [2.05, 4.69) is 20.5 Å². The highest BCUT2D eigenvalue weighted by Crippen LogP contribution is 2.23. The van der Waals surface area contributed by atoms with Gasteiger partial charge in [-0.25, -0.2) is 9.78 Å². The van der Waals surface area contributed by atoms with Gasteiger partial charge in [0.15, 0.2) is 11.9 Å². The van der Waals surface area contributed by atoms with Gasteiger partial charge in [0.1, 0.15) is 11.9 Å². The van der Waals surface area contributed by atoms with Crippen LogP contribution >= 0.6 is 0 Å². The van der Waals surface area contributed by atoms with Crippen molar-refractivity contribution in [2.45, 2.75) is 32.0 Å². The number of H-pyrrole nitrogens is 1. The predicted octanol–water partition coefficient (Wildman–Crippen LogP) is 1.35. The normalized spacial score (nSPS) is 20.4. The fourth-order valence-corrected chi connectivity index (χ4v) is 2.44. The number of carboxylic acids is 1. The molecule has 2 atom stereocenters. The minimum atomic E-state index is -1.04. The summed E-state index contributed by atoms with van der Waals surface area (Å²) in [6.45, 7) is 1.80. The third-order valence-corrected chi connectivity index (χ3v) is 3.57. The van der Waals surface area contributed by atoms with E-state index in [1.807, 2.05) is 6.07 Å². The van der Waals surface area contributed by atoms with Crippen LogP contribution in [-0.4, -0.2) is 44.4 Å². The number of rotatable bonds is 4. The average Bonchev–Trinajstić information content (AvgIpc) is 3.16. The second kappa shape index (κ2) is 6.17. The van der Waals surface area contributed by atoms with Crippen LogP contribution in [0.5, 0.6) is 0 Å². The Hall–Kier alpha value is -2.74. The number of nitrogens with one attached hydrogen (secondary N) is 2. The van der Waals surface area contributed by atoms with Gasteiger partial charge in [-0.3, -0.25) is 9.89 Å². The van der Waals surface area contributed by atoms with Gasteiger partial charge in [-0.05, 0) is 31.9 Å². The largest absolute Gasteiger partial charge is 0.479 e. The van der Waals surface area contributed by atoms with Crippen LogP contribution in [0, 0.1) is 6.92 Å². The van der Waals surface area contributed by atoms with Crippen molar-refractivity contribution < 1.29 is 19.4 Å². The van der Waals surface area contributed by atoms with Crippen molar-refractivity contribution in [3.63, 3.8) is 0 Å². The molecule has 0 aliphatic carbocycles. The van der Waals surface area contributed by atoms with E-state index >= 15 is 0 Å². The Morgan fingerprint density at radius 2 is 2.13 bits per heavy atom. The Labute approximate surface area is 131 Å². The maximum absolute atomic E-state index is 12.2. The summed E-state index contributed by atoms with van der Waals surface area (Å²) in [6.07, 6.45) is -0.925. The van der Waals surface area contributed by atoms with E-state index in [9.17, 15) is 9.59 Å². The van der Waals surface area contributed by atoms with Crippen molar-refractivity contribution in [2.75, 3.05) is 5.32 Å². The van der Waals surface area contributed by atoms with Gasteiger partial charge in [-0.2, -0.15) is 5.10 Å². The molecular formula is C15H16N4O4. The van der Waals surface area contributed by atoms with Crippen molar-refractivity contribution in [3.05, 3.63) is 30.1 Å². The first-order valence-corrected chi connectivity index (χ1v) is 7.21. The highest BCUT2D eigenvalue weighted by atomic mass is 16.5. The second-order valence-corrected chi connectivity index (χ2v) is 5.34. The molecule has 2 aromatic rings. The highest BCUT2D eigenvalue weighted by molar-refractivity contribution is 5.95. The lowest BCUT2D eigenvalue weighted by molar-refractivity contribution is -0.150. The molecule has 0 spiro atoms. The summed E-state index contributed by atoms with van der Waals surface area (Å²) in [5.74, 6) is -0.144. The van der Waals surface area contributed by atoms with Gasteiger partial charge < -0.3 is 15.2 Å². The zero-order valence-electron chi connectivity index (χ0n) is 12.4. The Kier molecular flexibility index (Phi) is 4.07. The van der Waals surface area contributed by atoms with E-state index in [1.54, 1.807) is 25.1 Å². The zero-order chi connectivity index (χ0) is 16.4. The van der Waals surface area contributed by atoms with Crippen LogP contribution in [0.2, 0.25) is 0 Å². The molecule has 1 aromatic heterocycles. The molecule has 23 heavy (non-hydrogen) atoms. The second-order valence-electron chi connectivity index (χ2n) is 5.34. The van der Waals surface area contributed by atoms with Gasteiger partial charge in [0.05, 0.1) is 0 Å². The monoisotopic (exact) mass is 316 g/mol. The molecule has 0 saturated carbocycles. The molecular weight excluding hydrogens is 300 g/mol. The van der Waals surface area contributed by atoms with Crippen molar-refractivity contribution in [2.24, 2.45) is 0 Å². The lowest BCUT2D eigenvalue weighted by atomic mass is 10.1. The van der Waals surface area contributed by atoms with Crippen molar-refractivity contribution in [1.29, 1.82) is 0 Å². The number of aromatic nitrogens is 3. The Morgan fingerprint density at radius 3 is 2.78 bits per heavy atom. The third-order valence-electron chi connectivity index (χ3n) is 3.57. The van der Waals surface area contributed by atoms with Gasteiger partial charge in [-0.15, -0.1) is 0 Å². The maximum atomic E-state index is 12.2. The number of hydrogen-bond donors (Lipinski definition) is 3. The molecule has 3 N–H and O–H groups in total. The molecule has 1 amide bonds. The highest BCUT2D eigenvalue weighted by Gasteiger charge is 2.34. The van der Waals surface area contributed by atoms with E-state index in [1.165, 1.54) is 0 Å². The Bertz CT molecular complexity index is 743. The Morgan fingerprint density at radius 1 is 1.35 bits per heavy atom. The van der Waals surface area contributed by atoms with E-state index in [0.29, 0.717) is 30.2 Å². The van der Waals surface area contributed by atoms with E-state index < -0.39 is 18.2 Å². The number of carboxylic acid groups (broad SMARTS) is 1. The number of nitrogens with zero attached hydrogens (tertiary/aromatic N) is 2. The van der Waals surface area contributed by atoms with Gasteiger partial charge in [-0.1, -0.05) is 12.1 Å². The van der Waals surface area contributed by atoms with Gasteiger partial charge >= 0.3 is 5.97 Å².